The summed E-state index contributed by atoms with van der Waals surface area (Å²) < 4.78 is 13.2. The zero-order valence-corrected chi connectivity index (χ0v) is 13.1. The summed E-state index contributed by atoms with van der Waals surface area (Å²) in [7, 11) is 0. The van der Waals surface area contributed by atoms with Crippen LogP contribution in [0, 0.1) is 5.82 Å². The number of hydrogen-bond donors (Lipinski definition) is 3. The van der Waals surface area contributed by atoms with Gasteiger partial charge in [-0.15, -0.1) is 0 Å². The van der Waals surface area contributed by atoms with Gasteiger partial charge < -0.3 is 21.3 Å². The molecule has 3 rings (SSSR count). The fourth-order valence-corrected chi connectivity index (χ4v) is 2.50. The van der Waals surface area contributed by atoms with Crippen molar-refractivity contribution in [2.45, 2.75) is 6.42 Å². The van der Waals surface area contributed by atoms with Crippen LogP contribution in [0.15, 0.2) is 30.6 Å². The highest BCUT2D eigenvalue weighted by Crippen LogP contribution is 2.20. The van der Waals surface area contributed by atoms with Gasteiger partial charge in [-0.3, -0.25) is 4.79 Å². The van der Waals surface area contributed by atoms with E-state index in [2.05, 4.69) is 25.5 Å². The molecule has 0 radical (unpaired) electrons. The van der Waals surface area contributed by atoms with Gasteiger partial charge in [0.05, 0.1) is 23.8 Å². The third-order valence-corrected chi connectivity index (χ3v) is 3.80. The molecule has 7 nitrogen and oxygen atoms in total. The Hall–Kier alpha value is -2.74. The molecule has 0 atom stereocenters. The lowest BCUT2D eigenvalue weighted by atomic mass is 10.2. The molecule has 1 fully saturated rings. The van der Waals surface area contributed by atoms with Gasteiger partial charge in [-0.25, -0.2) is 14.4 Å². The van der Waals surface area contributed by atoms with Crippen LogP contribution in [0.2, 0.25) is 0 Å². The number of anilines is 3. The molecule has 1 aromatic carbocycles. The molecule has 4 N–H and O–H groups in total. The van der Waals surface area contributed by atoms with E-state index in [0.29, 0.717) is 0 Å². The number of hydrogen-bond acceptors (Lipinski definition) is 6. The van der Waals surface area contributed by atoms with E-state index in [1.807, 2.05) is 0 Å². The number of nitrogen functional groups attached to an aromatic ring is 1. The van der Waals surface area contributed by atoms with E-state index in [1.165, 1.54) is 24.4 Å². The van der Waals surface area contributed by atoms with E-state index in [-0.39, 0.29) is 17.1 Å². The molecule has 1 aromatic heterocycles. The normalized spacial score (nSPS) is 15.0. The summed E-state index contributed by atoms with van der Waals surface area (Å²) >= 11 is 0. The van der Waals surface area contributed by atoms with Gasteiger partial charge in [0, 0.05) is 19.6 Å². The number of nitrogens with two attached hydrogens (primary N) is 1. The fourth-order valence-electron chi connectivity index (χ4n) is 2.50. The van der Waals surface area contributed by atoms with Crippen molar-refractivity contribution >= 4 is 23.1 Å². The molecular formula is C16H19FN6O. The second-order valence-electron chi connectivity index (χ2n) is 5.54. The molecular weight excluding hydrogens is 311 g/mol. The molecule has 1 saturated heterocycles. The van der Waals surface area contributed by atoms with Crippen LogP contribution in [0.1, 0.15) is 16.9 Å². The number of halogens is 1. The number of carbonyl (C=O) groups excluding carboxylic acids is 1. The number of nitrogens with zero attached hydrogens (tertiary/aromatic N) is 3. The summed E-state index contributed by atoms with van der Waals surface area (Å²) in [5.41, 5.74) is 6.37. The lowest BCUT2D eigenvalue weighted by Gasteiger charge is -2.20. The van der Waals surface area contributed by atoms with Crippen molar-refractivity contribution in [3.63, 3.8) is 0 Å². The van der Waals surface area contributed by atoms with Gasteiger partial charge >= 0.3 is 0 Å². The molecule has 1 amide bonds. The smallest absolute Gasteiger partial charge is 0.275 e. The monoisotopic (exact) mass is 330 g/mol. The Labute approximate surface area is 139 Å². The van der Waals surface area contributed by atoms with Gasteiger partial charge in [0.15, 0.2) is 0 Å². The van der Waals surface area contributed by atoms with Crippen LogP contribution in [-0.2, 0) is 0 Å². The first kappa shape index (κ1) is 16.1. The Morgan fingerprint density at radius 3 is 2.92 bits per heavy atom. The van der Waals surface area contributed by atoms with Gasteiger partial charge in [-0.2, -0.15) is 0 Å². The second-order valence-corrected chi connectivity index (χ2v) is 5.54. The van der Waals surface area contributed by atoms with Crippen LogP contribution in [0.25, 0.3) is 0 Å². The van der Waals surface area contributed by atoms with E-state index in [1.54, 1.807) is 6.20 Å². The number of aromatic nitrogens is 2. The largest absolute Gasteiger partial charge is 0.397 e. The van der Waals surface area contributed by atoms with Gasteiger partial charge in [0.25, 0.3) is 5.91 Å². The lowest BCUT2D eigenvalue weighted by Crippen LogP contribution is -2.29. The third-order valence-electron chi connectivity index (χ3n) is 3.80. The first-order chi connectivity index (χ1) is 11.6. The number of amides is 1. The maximum absolute atomic E-state index is 13.2. The van der Waals surface area contributed by atoms with E-state index in [4.69, 9.17) is 5.73 Å². The summed E-state index contributed by atoms with van der Waals surface area (Å²) in [4.78, 5) is 22.8. The van der Waals surface area contributed by atoms with Gasteiger partial charge in [-0.05, 0) is 31.2 Å². The predicted molar refractivity (Wildman–Crippen MR) is 90.5 cm³/mol. The zero-order chi connectivity index (χ0) is 16.9. The Kier molecular flexibility index (Phi) is 4.85. The van der Waals surface area contributed by atoms with Crippen LogP contribution in [0.3, 0.4) is 0 Å². The molecule has 0 aliphatic carbocycles. The number of nitrogens with one attached hydrogen (secondary N) is 2. The molecule has 2 aromatic rings. The van der Waals surface area contributed by atoms with Crippen LogP contribution >= 0.6 is 0 Å². The minimum Gasteiger partial charge on any atom is -0.397 e. The van der Waals surface area contributed by atoms with Crippen molar-refractivity contribution in [3.05, 3.63) is 42.1 Å². The minimum atomic E-state index is -0.483. The van der Waals surface area contributed by atoms with Crippen molar-refractivity contribution in [3.8, 4) is 0 Å². The summed E-state index contributed by atoms with van der Waals surface area (Å²) in [6.07, 6.45) is 4.02. The highest BCUT2D eigenvalue weighted by molar-refractivity contribution is 6.04. The first-order valence-electron chi connectivity index (χ1n) is 7.77. The Bertz CT molecular complexity index is 713. The van der Waals surface area contributed by atoms with Gasteiger partial charge in [0.1, 0.15) is 17.3 Å². The molecule has 2 heterocycles. The Morgan fingerprint density at radius 2 is 2.12 bits per heavy atom. The molecule has 1 aliphatic rings. The molecule has 126 valence electrons. The Morgan fingerprint density at radius 1 is 1.25 bits per heavy atom. The summed E-state index contributed by atoms with van der Waals surface area (Å²) in [6, 6.07) is 3.79. The molecule has 0 saturated carbocycles. The molecule has 0 spiro atoms. The van der Waals surface area contributed by atoms with Crippen molar-refractivity contribution in [2.75, 3.05) is 42.1 Å². The lowest BCUT2D eigenvalue weighted by molar-refractivity contribution is 0.102. The number of benzene rings is 1. The molecule has 0 unspecified atom stereocenters. The fraction of sp³-hybridized carbons (Fsp3) is 0.312. The average Bonchev–Trinajstić information content (AvgIpc) is 2.87. The van der Waals surface area contributed by atoms with Crippen LogP contribution in [-0.4, -0.2) is 42.1 Å². The highest BCUT2D eigenvalue weighted by atomic mass is 19.1. The molecule has 0 bridgehead atoms. The topological polar surface area (TPSA) is 96.2 Å². The van der Waals surface area contributed by atoms with Crippen molar-refractivity contribution in [2.24, 2.45) is 0 Å². The van der Waals surface area contributed by atoms with E-state index >= 15 is 0 Å². The third kappa shape index (κ3) is 3.77. The van der Waals surface area contributed by atoms with Crippen molar-refractivity contribution < 1.29 is 9.18 Å². The van der Waals surface area contributed by atoms with Crippen molar-refractivity contribution in [1.29, 1.82) is 0 Å². The summed E-state index contributed by atoms with van der Waals surface area (Å²) in [5, 5.41) is 5.86. The van der Waals surface area contributed by atoms with Gasteiger partial charge in [0.2, 0.25) is 0 Å². The van der Waals surface area contributed by atoms with Crippen LogP contribution in [0.5, 0.6) is 0 Å². The van der Waals surface area contributed by atoms with E-state index in [9.17, 15) is 9.18 Å². The SMILES string of the molecule is Nc1ccc(F)cc1NC(=O)c1cnc(N2CCCNCC2)cn1. The van der Waals surface area contributed by atoms with Crippen LogP contribution in [0.4, 0.5) is 21.6 Å². The average molecular weight is 330 g/mol. The maximum Gasteiger partial charge on any atom is 0.275 e. The standard InChI is InChI=1S/C16H19FN6O/c17-11-2-3-12(18)13(8-11)22-16(24)14-9-21-15(10-20-14)23-6-1-4-19-5-7-23/h2-3,8-10,19H,1,4-7,18H2,(H,22,24). The van der Waals surface area contributed by atoms with Crippen molar-refractivity contribution in [1.82, 2.24) is 15.3 Å². The summed E-state index contributed by atoms with van der Waals surface area (Å²) in [5.74, 6) is -0.222. The molecule has 1 aliphatic heterocycles. The summed E-state index contributed by atoms with van der Waals surface area (Å²) in [6.45, 7) is 3.62. The van der Waals surface area contributed by atoms with Gasteiger partial charge in [-0.1, -0.05) is 0 Å². The quantitative estimate of drug-likeness (QED) is 0.733. The van der Waals surface area contributed by atoms with E-state index < -0.39 is 11.7 Å². The Balaban J connectivity index is 1.70. The zero-order valence-electron chi connectivity index (χ0n) is 13.1. The van der Waals surface area contributed by atoms with E-state index in [0.717, 1.165) is 38.4 Å². The minimum absolute atomic E-state index is 0.148. The predicted octanol–water partition coefficient (Wildman–Crippen LogP) is 1.25. The number of rotatable bonds is 3. The maximum atomic E-state index is 13.2. The molecule has 24 heavy (non-hydrogen) atoms. The number of carbonyl (C=O) groups is 1. The highest BCUT2D eigenvalue weighted by Gasteiger charge is 2.14. The first-order valence-corrected chi connectivity index (χ1v) is 7.77. The molecule has 8 heteroatoms. The second kappa shape index (κ2) is 7.22. The van der Waals surface area contributed by atoms with Crippen LogP contribution < -0.4 is 21.3 Å².